The Morgan fingerprint density at radius 1 is 0.939 bits per heavy atom. The van der Waals surface area contributed by atoms with E-state index in [1.54, 1.807) is 17.8 Å². The molecule has 1 heterocycles. The predicted molar refractivity (Wildman–Crippen MR) is 141 cm³/mol. The summed E-state index contributed by atoms with van der Waals surface area (Å²) >= 11 is 1.60. The number of carbonyl (C=O) groups excluding carboxylic acids is 2. The summed E-state index contributed by atoms with van der Waals surface area (Å²) < 4.78 is 0. The molecule has 1 saturated heterocycles. The van der Waals surface area contributed by atoms with Crippen LogP contribution in [0.1, 0.15) is 53.7 Å². The molecule has 0 bridgehead atoms. The number of amides is 1. The average molecular weight is 465 g/mol. The van der Waals surface area contributed by atoms with Crippen molar-refractivity contribution in [2.75, 3.05) is 25.9 Å². The molecular formula is C28H36N2O2S. The monoisotopic (exact) mass is 464 g/mol. The molecule has 2 aromatic carbocycles. The second-order valence-corrected chi connectivity index (χ2v) is 8.49. The minimum absolute atomic E-state index is 0.0623. The van der Waals surface area contributed by atoms with Crippen LogP contribution < -0.4 is 5.32 Å². The minimum atomic E-state index is -0.0623. The van der Waals surface area contributed by atoms with Crippen LogP contribution in [0.25, 0.3) is 4.91 Å². The standard InChI is InChI=1S/C26H30N2O2S.C2H6/c1-31-25(6-2-5-19-29)23-11-13-24(14-12-23)26(30)27-16-15-21-7-9-22(10-8-21)20-28-17-3-4-18-28;1-2/h2,5-14,19H,3-4,15-18,20H2,1H3,(H,27,30);1-2H3/b5-2+,25-6-;. The normalized spacial score (nSPS) is 14.1. The third kappa shape index (κ3) is 9.03. The lowest BCUT2D eigenvalue weighted by Gasteiger charge is -2.14. The van der Waals surface area contributed by atoms with Gasteiger partial charge in [-0.15, -0.1) is 11.8 Å². The fourth-order valence-electron chi connectivity index (χ4n) is 3.69. The molecule has 0 spiro atoms. The number of hydrogen-bond acceptors (Lipinski definition) is 4. The van der Waals surface area contributed by atoms with Gasteiger partial charge in [-0.05, 0) is 79.6 Å². The molecule has 0 aliphatic carbocycles. The number of benzene rings is 2. The van der Waals surface area contributed by atoms with Crippen LogP contribution in [0.4, 0.5) is 0 Å². The van der Waals surface area contributed by atoms with Gasteiger partial charge in [0.15, 0.2) is 0 Å². The van der Waals surface area contributed by atoms with Gasteiger partial charge in [-0.3, -0.25) is 14.5 Å². The van der Waals surface area contributed by atoms with Crippen molar-refractivity contribution in [2.24, 2.45) is 0 Å². The molecule has 1 N–H and O–H groups in total. The number of aldehydes is 1. The third-order valence-electron chi connectivity index (χ3n) is 5.42. The van der Waals surface area contributed by atoms with Gasteiger partial charge in [-0.25, -0.2) is 0 Å². The number of carbonyl (C=O) groups is 2. The van der Waals surface area contributed by atoms with Crippen LogP contribution >= 0.6 is 11.8 Å². The van der Waals surface area contributed by atoms with Crippen LogP contribution in [0, 0.1) is 0 Å². The Balaban J connectivity index is 0.00000187. The topological polar surface area (TPSA) is 49.4 Å². The zero-order valence-corrected chi connectivity index (χ0v) is 20.9. The number of thioether (sulfide) groups is 1. The van der Waals surface area contributed by atoms with Crippen LogP contribution in [-0.2, 0) is 17.8 Å². The first-order chi connectivity index (χ1) is 16.2. The molecule has 0 unspecified atom stereocenters. The summed E-state index contributed by atoms with van der Waals surface area (Å²) in [6.45, 7) is 8.06. The number of nitrogens with zero attached hydrogens (tertiary/aromatic N) is 1. The van der Waals surface area contributed by atoms with Gasteiger partial charge in [0.1, 0.15) is 6.29 Å². The number of nitrogens with one attached hydrogen (secondary N) is 1. The van der Waals surface area contributed by atoms with Gasteiger partial charge in [0.25, 0.3) is 5.91 Å². The van der Waals surface area contributed by atoms with Crippen molar-refractivity contribution >= 4 is 28.9 Å². The van der Waals surface area contributed by atoms with E-state index >= 15 is 0 Å². The van der Waals surface area contributed by atoms with E-state index in [0.29, 0.717) is 12.1 Å². The van der Waals surface area contributed by atoms with E-state index in [1.807, 2.05) is 50.4 Å². The fourth-order valence-corrected chi connectivity index (χ4v) is 4.28. The summed E-state index contributed by atoms with van der Waals surface area (Å²) in [7, 11) is 0. The summed E-state index contributed by atoms with van der Waals surface area (Å²) in [6.07, 6.45) is 11.3. The van der Waals surface area contributed by atoms with E-state index in [4.69, 9.17) is 0 Å². The van der Waals surface area contributed by atoms with E-state index in [9.17, 15) is 9.59 Å². The van der Waals surface area contributed by atoms with Gasteiger partial charge in [0.05, 0.1) is 0 Å². The number of hydrogen-bond donors (Lipinski definition) is 1. The summed E-state index contributed by atoms with van der Waals surface area (Å²) in [5.74, 6) is -0.0623. The first-order valence-electron chi connectivity index (χ1n) is 11.7. The molecule has 1 fully saturated rings. The van der Waals surface area contributed by atoms with Crippen molar-refractivity contribution in [2.45, 2.75) is 39.7 Å². The molecular weight excluding hydrogens is 428 g/mol. The maximum atomic E-state index is 12.5. The van der Waals surface area contributed by atoms with Crippen LogP contribution in [0.2, 0.25) is 0 Å². The molecule has 1 aliphatic heterocycles. The maximum absolute atomic E-state index is 12.5. The zero-order chi connectivity index (χ0) is 23.9. The highest BCUT2D eigenvalue weighted by Crippen LogP contribution is 2.25. The van der Waals surface area contributed by atoms with Gasteiger partial charge in [0, 0.05) is 23.6 Å². The maximum Gasteiger partial charge on any atom is 0.251 e. The van der Waals surface area contributed by atoms with Gasteiger partial charge >= 0.3 is 0 Å². The second-order valence-electron chi connectivity index (χ2n) is 7.64. The quantitative estimate of drug-likeness (QED) is 0.277. The van der Waals surface area contributed by atoms with Crippen LogP contribution in [0.15, 0.2) is 66.8 Å². The van der Waals surface area contributed by atoms with Crippen molar-refractivity contribution in [3.63, 3.8) is 0 Å². The third-order valence-corrected chi connectivity index (χ3v) is 6.23. The molecule has 0 radical (unpaired) electrons. The average Bonchev–Trinajstić information content (AvgIpc) is 3.37. The Morgan fingerprint density at radius 3 is 2.15 bits per heavy atom. The van der Waals surface area contributed by atoms with Crippen molar-refractivity contribution in [1.82, 2.24) is 10.2 Å². The SMILES string of the molecule is CC.CS/C(=C\C=C\C=O)c1ccc(C(=O)NCCc2ccc(CN3CCCC3)cc2)cc1. The van der Waals surface area contributed by atoms with Gasteiger partial charge < -0.3 is 5.32 Å². The van der Waals surface area contributed by atoms with Crippen LogP contribution in [0.5, 0.6) is 0 Å². The first-order valence-corrected chi connectivity index (χ1v) is 13.0. The summed E-state index contributed by atoms with van der Waals surface area (Å²) in [6, 6.07) is 16.3. The molecule has 3 rings (SSSR count). The second kappa shape index (κ2) is 15.3. The highest BCUT2D eigenvalue weighted by Gasteiger charge is 2.11. The number of likely N-dealkylation sites (tertiary alicyclic amines) is 1. The van der Waals surface area contributed by atoms with Gasteiger partial charge in [0.2, 0.25) is 0 Å². The molecule has 1 aliphatic rings. The van der Waals surface area contributed by atoms with E-state index in [0.717, 1.165) is 29.7 Å². The van der Waals surface area contributed by atoms with Gasteiger partial charge in [-0.2, -0.15) is 0 Å². The van der Waals surface area contributed by atoms with Crippen molar-refractivity contribution in [3.8, 4) is 0 Å². The van der Waals surface area contributed by atoms with Crippen molar-refractivity contribution in [1.29, 1.82) is 0 Å². The van der Waals surface area contributed by atoms with E-state index in [1.165, 1.54) is 43.1 Å². The number of allylic oxidation sites excluding steroid dienone is 3. The first kappa shape index (κ1) is 26.6. The highest BCUT2D eigenvalue weighted by molar-refractivity contribution is 8.07. The molecule has 4 nitrogen and oxygen atoms in total. The Labute approximate surface area is 203 Å². The molecule has 176 valence electrons. The summed E-state index contributed by atoms with van der Waals surface area (Å²) in [5.41, 5.74) is 4.26. The van der Waals surface area contributed by atoms with Crippen LogP contribution in [0.3, 0.4) is 0 Å². The molecule has 0 aromatic heterocycles. The van der Waals surface area contributed by atoms with E-state index in [2.05, 4.69) is 34.5 Å². The lowest BCUT2D eigenvalue weighted by molar-refractivity contribution is -0.104. The Bertz CT molecular complexity index is 912. The van der Waals surface area contributed by atoms with Gasteiger partial charge in [-0.1, -0.05) is 56.3 Å². The van der Waals surface area contributed by atoms with Crippen molar-refractivity contribution < 1.29 is 9.59 Å². The highest BCUT2D eigenvalue weighted by atomic mass is 32.2. The Kier molecular flexibility index (Phi) is 12.3. The molecule has 0 saturated carbocycles. The van der Waals surface area contributed by atoms with Crippen molar-refractivity contribution in [3.05, 3.63) is 89.0 Å². The van der Waals surface area contributed by atoms with E-state index < -0.39 is 0 Å². The molecule has 33 heavy (non-hydrogen) atoms. The lowest BCUT2D eigenvalue weighted by atomic mass is 10.1. The number of rotatable bonds is 10. The largest absolute Gasteiger partial charge is 0.352 e. The predicted octanol–water partition coefficient (Wildman–Crippen LogP) is 5.74. The molecule has 5 heteroatoms. The Morgan fingerprint density at radius 2 is 1.55 bits per heavy atom. The lowest BCUT2D eigenvalue weighted by Crippen LogP contribution is -2.25. The molecule has 2 aromatic rings. The van der Waals surface area contributed by atoms with E-state index in [-0.39, 0.29) is 5.91 Å². The minimum Gasteiger partial charge on any atom is -0.352 e. The summed E-state index contributed by atoms with van der Waals surface area (Å²) in [4.78, 5) is 26.4. The Hall–Kier alpha value is -2.63. The molecule has 0 atom stereocenters. The smallest absolute Gasteiger partial charge is 0.251 e. The zero-order valence-electron chi connectivity index (χ0n) is 20.0. The van der Waals surface area contributed by atoms with Crippen LogP contribution in [-0.4, -0.2) is 43.0 Å². The summed E-state index contributed by atoms with van der Waals surface area (Å²) in [5, 5.41) is 3.01. The molecule has 1 amide bonds. The fraction of sp³-hybridized carbons (Fsp3) is 0.357.